The molecule has 1 aromatic carbocycles. The molecule has 2 rings (SSSR count). The van der Waals surface area contributed by atoms with Crippen molar-refractivity contribution < 1.29 is 12.8 Å². The predicted octanol–water partition coefficient (Wildman–Crippen LogP) is 5.62. The first-order chi connectivity index (χ1) is 13.4. The van der Waals surface area contributed by atoms with Crippen LogP contribution >= 0.6 is 0 Å². The summed E-state index contributed by atoms with van der Waals surface area (Å²) >= 11 is 0. The monoisotopic (exact) mass is 438 g/mol. The van der Waals surface area contributed by atoms with Crippen molar-refractivity contribution in [1.82, 2.24) is 4.83 Å². The van der Waals surface area contributed by atoms with Crippen LogP contribution < -0.4 is 4.83 Å². The maximum atomic E-state index is 12.5. The van der Waals surface area contributed by atoms with E-state index >= 15 is 0 Å². The first-order valence-corrected chi connectivity index (χ1v) is 15.1. The molecule has 1 N–H and O–H groups in total. The molecule has 1 fully saturated rings. The maximum absolute atomic E-state index is 12.5. The van der Waals surface area contributed by atoms with Crippen molar-refractivity contribution in [3.05, 3.63) is 29.8 Å². The van der Waals surface area contributed by atoms with Gasteiger partial charge in [-0.15, -0.1) is 0 Å². The number of unbranched alkanes of at least 4 members (excludes halogenated alkanes) is 1. The van der Waals surface area contributed by atoms with E-state index in [0.29, 0.717) is 5.92 Å². The molecule has 0 saturated heterocycles. The summed E-state index contributed by atoms with van der Waals surface area (Å²) in [6, 6.07) is 6.83. The number of rotatable bonds is 9. The number of benzene rings is 1. The quantitative estimate of drug-likeness (QED) is 0.309. The van der Waals surface area contributed by atoms with Crippen molar-refractivity contribution in [3.8, 4) is 0 Å². The minimum atomic E-state index is -3.60. The van der Waals surface area contributed by atoms with Crippen LogP contribution in [0.3, 0.4) is 0 Å². The van der Waals surface area contributed by atoms with Crippen LogP contribution in [0.5, 0.6) is 0 Å². The van der Waals surface area contributed by atoms with Gasteiger partial charge in [0.05, 0.1) is 4.90 Å². The molecule has 0 radical (unpaired) electrons. The molecule has 0 aliphatic heterocycles. The van der Waals surface area contributed by atoms with E-state index in [9.17, 15) is 8.42 Å². The predicted molar refractivity (Wildman–Crippen MR) is 123 cm³/mol. The molecule has 0 aromatic heterocycles. The molecule has 1 aliphatic carbocycles. The van der Waals surface area contributed by atoms with Crippen molar-refractivity contribution in [2.24, 2.45) is 11.0 Å². The van der Waals surface area contributed by atoms with Gasteiger partial charge in [-0.1, -0.05) is 44.9 Å². The van der Waals surface area contributed by atoms with Crippen molar-refractivity contribution in [1.29, 1.82) is 0 Å². The molecule has 1 aliphatic rings. The minimum Gasteiger partial charge on any atom is -0.417 e. The first-order valence-electron chi connectivity index (χ1n) is 10.7. The zero-order valence-electron chi connectivity index (χ0n) is 18.9. The van der Waals surface area contributed by atoms with E-state index in [1.807, 2.05) is 6.92 Å². The largest absolute Gasteiger partial charge is 0.417 e. The lowest BCUT2D eigenvalue weighted by Crippen LogP contribution is -2.40. The maximum Gasteiger partial charge on any atom is 0.276 e. The summed E-state index contributed by atoms with van der Waals surface area (Å²) in [4.78, 5) is 2.70. The van der Waals surface area contributed by atoms with E-state index in [1.54, 1.807) is 24.3 Å². The smallest absolute Gasteiger partial charge is 0.276 e. The number of aryl methyl sites for hydroxylation is 1. The first kappa shape index (κ1) is 24.1. The van der Waals surface area contributed by atoms with E-state index in [4.69, 9.17) is 4.43 Å². The van der Waals surface area contributed by atoms with Gasteiger partial charge in [-0.25, -0.2) is 4.83 Å². The molecular formula is C22H38N2O3SSi. The van der Waals surface area contributed by atoms with Crippen LogP contribution in [0.25, 0.3) is 0 Å². The van der Waals surface area contributed by atoms with Gasteiger partial charge in [0.1, 0.15) is 0 Å². The molecule has 1 aromatic rings. The third kappa shape index (κ3) is 6.93. The highest BCUT2D eigenvalue weighted by Crippen LogP contribution is 2.36. The standard InChI is InChI=1S/C22H38N2O3SSi/c1-18-13-15-20(16-14-18)28(25,26)24-23-21-12-9-11-19(21)10-7-8-17-27-29(5,6)22(2,3)4/h13-16,19,24H,7-12,17H2,1-6H3/b23-21+. The van der Waals surface area contributed by atoms with Crippen molar-refractivity contribution in [2.75, 3.05) is 6.61 Å². The lowest BCUT2D eigenvalue weighted by molar-refractivity contribution is 0.276. The van der Waals surface area contributed by atoms with Crippen LogP contribution in [0, 0.1) is 12.8 Å². The van der Waals surface area contributed by atoms with Gasteiger partial charge in [-0.05, 0) is 75.2 Å². The summed E-state index contributed by atoms with van der Waals surface area (Å²) < 4.78 is 31.2. The Kier molecular flexibility index (Phi) is 8.10. The Morgan fingerprint density at radius 1 is 1.17 bits per heavy atom. The molecule has 0 spiro atoms. The molecule has 29 heavy (non-hydrogen) atoms. The molecule has 0 heterocycles. The van der Waals surface area contributed by atoms with Gasteiger partial charge in [0.2, 0.25) is 0 Å². The summed E-state index contributed by atoms with van der Waals surface area (Å²) in [5, 5.41) is 4.54. The van der Waals surface area contributed by atoms with Gasteiger partial charge in [0.25, 0.3) is 10.0 Å². The molecule has 1 atom stereocenters. The highest BCUT2D eigenvalue weighted by molar-refractivity contribution is 7.89. The third-order valence-corrected chi connectivity index (χ3v) is 12.1. The van der Waals surface area contributed by atoms with E-state index in [-0.39, 0.29) is 9.93 Å². The lowest BCUT2D eigenvalue weighted by atomic mass is 9.99. The summed E-state index contributed by atoms with van der Waals surface area (Å²) in [6.07, 6.45) is 6.23. The van der Waals surface area contributed by atoms with Gasteiger partial charge < -0.3 is 4.43 Å². The Bertz CT molecular complexity index is 796. The molecule has 0 bridgehead atoms. The SMILES string of the molecule is Cc1ccc(S(=O)(=O)N/N=C2\CCCC2CCCCO[Si](C)(C)C(C)(C)C)cc1. The Balaban J connectivity index is 1.83. The zero-order chi connectivity index (χ0) is 21.7. The van der Waals surface area contributed by atoms with Crippen LogP contribution in [-0.4, -0.2) is 29.1 Å². The molecule has 0 amide bonds. The summed E-state index contributed by atoms with van der Waals surface area (Å²) in [5.41, 5.74) is 2.02. The average molecular weight is 439 g/mol. The fourth-order valence-corrected chi connectivity index (χ4v) is 5.21. The second kappa shape index (κ2) is 9.75. The van der Waals surface area contributed by atoms with Gasteiger partial charge in [-0.2, -0.15) is 13.5 Å². The molecule has 1 saturated carbocycles. The summed E-state index contributed by atoms with van der Waals surface area (Å²) in [5.74, 6) is 0.378. The lowest BCUT2D eigenvalue weighted by Gasteiger charge is -2.36. The van der Waals surface area contributed by atoms with Crippen LogP contribution in [0.4, 0.5) is 0 Å². The number of hydrazone groups is 1. The van der Waals surface area contributed by atoms with Crippen molar-refractivity contribution in [3.63, 3.8) is 0 Å². The number of sulfonamides is 1. The topological polar surface area (TPSA) is 67.8 Å². The molecule has 164 valence electrons. The fraction of sp³-hybridized carbons (Fsp3) is 0.682. The van der Waals surface area contributed by atoms with E-state index in [0.717, 1.165) is 56.4 Å². The second-order valence-corrected chi connectivity index (χ2v) is 16.2. The molecular weight excluding hydrogens is 400 g/mol. The molecule has 5 nitrogen and oxygen atoms in total. The number of hydrogen-bond donors (Lipinski definition) is 1. The van der Waals surface area contributed by atoms with Gasteiger partial charge in [0, 0.05) is 12.3 Å². The fourth-order valence-electron chi connectivity index (χ4n) is 3.28. The van der Waals surface area contributed by atoms with E-state index < -0.39 is 18.3 Å². The average Bonchev–Trinajstić information content (AvgIpc) is 3.06. The number of nitrogens with zero attached hydrogens (tertiary/aromatic N) is 1. The van der Waals surface area contributed by atoms with Crippen LogP contribution in [0.15, 0.2) is 34.3 Å². The zero-order valence-corrected chi connectivity index (χ0v) is 20.7. The minimum absolute atomic E-state index is 0.243. The highest BCUT2D eigenvalue weighted by atomic mass is 32.2. The highest BCUT2D eigenvalue weighted by Gasteiger charge is 2.36. The Hall–Kier alpha value is -1.18. The number of nitrogens with one attached hydrogen (secondary N) is 1. The van der Waals surface area contributed by atoms with E-state index in [1.165, 1.54) is 0 Å². The van der Waals surface area contributed by atoms with Crippen LogP contribution in [-0.2, 0) is 14.4 Å². The normalized spacial score (nSPS) is 19.7. The second-order valence-electron chi connectivity index (χ2n) is 9.70. The molecule has 1 unspecified atom stereocenters. The Labute approximate surface area is 178 Å². The molecule has 7 heteroatoms. The van der Waals surface area contributed by atoms with Crippen LogP contribution in [0.2, 0.25) is 18.1 Å². The van der Waals surface area contributed by atoms with Gasteiger partial charge in [0.15, 0.2) is 8.32 Å². The van der Waals surface area contributed by atoms with E-state index in [2.05, 4.69) is 43.8 Å². The number of hydrogen-bond acceptors (Lipinski definition) is 4. The third-order valence-electron chi connectivity index (χ3n) is 6.31. The van der Waals surface area contributed by atoms with Gasteiger partial charge >= 0.3 is 0 Å². The Morgan fingerprint density at radius 3 is 2.45 bits per heavy atom. The Morgan fingerprint density at radius 2 is 1.83 bits per heavy atom. The van der Waals surface area contributed by atoms with Gasteiger partial charge in [-0.3, -0.25) is 0 Å². The summed E-state index contributed by atoms with van der Waals surface area (Å²) in [7, 11) is -5.27. The van der Waals surface area contributed by atoms with Crippen molar-refractivity contribution in [2.45, 2.75) is 89.2 Å². The van der Waals surface area contributed by atoms with Crippen molar-refractivity contribution >= 4 is 24.1 Å². The van der Waals surface area contributed by atoms with Crippen LogP contribution in [0.1, 0.15) is 64.9 Å². The summed E-state index contributed by atoms with van der Waals surface area (Å²) in [6.45, 7) is 14.1.